The third-order valence-electron chi connectivity index (χ3n) is 3.72. The number of benzene rings is 1. The van der Waals surface area contributed by atoms with E-state index in [0.29, 0.717) is 6.04 Å². The number of anilines is 1. The summed E-state index contributed by atoms with van der Waals surface area (Å²) in [4.78, 5) is 7.08. The number of hydrogen-bond donors (Lipinski definition) is 0. The van der Waals surface area contributed by atoms with Crippen LogP contribution in [-0.2, 0) is 6.42 Å². The van der Waals surface area contributed by atoms with Gasteiger partial charge in [-0.1, -0.05) is 12.1 Å². The van der Waals surface area contributed by atoms with E-state index in [0.717, 1.165) is 13.0 Å². The van der Waals surface area contributed by atoms with Crippen LogP contribution in [0.3, 0.4) is 0 Å². The summed E-state index contributed by atoms with van der Waals surface area (Å²) < 4.78 is 0. The molecule has 3 rings (SSSR count). The third kappa shape index (κ3) is 1.51. The van der Waals surface area contributed by atoms with Crippen LogP contribution in [0.15, 0.2) is 24.4 Å². The molecule has 0 bridgehead atoms. The summed E-state index contributed by atoms with van der Waals surface area (Å²) in [5.74, 6) is 0. The van der Waals surface area contributed by atoms with Crippen LogP contribution in [0.1, 0.15) is 25.0 Å². The first-order chi connectivity index (χ1) is 8.18. The molecule has 88 valence electrons. The van der Waals surface area contributed by atoms with Crippen LogP contribution >= 0.6 is 0 Å². The smallest absolute Gasteiger partial charge is 0.0940 e. The van der Waals surface area contributed by atoms with E-state index < -0.39 is 0 Å². The minimum Gasteiger partial charge on any atom is -0.367 e. The van der Waals surface area contributed by atoms with E-state index in [-0.39, 0.29) is 0 Å². The van der Waals surface area contributed by atoms with E-state index in [1.165, 1.54) is 27.7 Å². The zero-order valence-corrected chi connectivity index (χ0v) is 10.7. The zero-order valence-electron chi connectivity index (χ0n) is 10.7. The van der Waals surface area contributed by atoms with Gasteiger partial charge in [0.2, 0.25) is 0 Å². The molecule has 0 saturated heterocycles. The van der Waals surface area contributed by atoms with Crippen LogP contribution in [-0.4, -0.2) is 17.6 Å². The number of fused-ring (bicyclic) bond motifs is 3. The molecule has 2 aromatic rings. The van der Waals surface area contributed by atoms with Crippen molar-refractivity contribution in [2.24, 2.45) is 0 Å². The van der Waals surface area contributed by atoms with Crippen molar-refractivity contribution >= 4 is 16.6 Å². The Morgan fingerprint density at radius 1 is 1.24 bits per heavy atom. The molecule has 0 fully saturated rings. The Bertz CT molecular complexity index is 572. The Morgan fingerprint density at radius 2 is 2.06 bits per heavy atom. The van der Waals surface area contributed by atoms with Gasteiger partial charge in [0.05, 0.1) is 11.2 Å². The van der Waals surface area contributed by atoms with E-state index in [9.17, 15) is 0 Å². The maximum atomic E-state index is 4.60. The first-order valence-electron chi connectivity index (χ1n) is 6.32. The zero-order chi connectivity index (χ0) is 12.0. The van der Waals surface area contributed by atoms with Gasteiger partial charge in [-0.25, -0.2) is 0 Å². The summed E-state index contributed by atoms with van der Waals surface area (Å²) in [6.07, 6.45) is 3.08. The Kier molecular flexibility index (Phi) is 2.32. The van der Waals surface area contributed by atoms with Crippen molar-refractivity contribution in [2.45, 2.75) is 33.2 Å². The van der Waals surface area contributed by atoms with E-state index in [1.54, 1.807) is 0 Å². The number of rotatable bonds is 1. The molecular formula is C15H18N2. The van der Waals surface area contributed by atoms with Crippen molar-refractivity contribution in [3.63, 3.8) is 0 Å². The quantitative estimate of drug-likeness (QED) is 0.741. The van der Waals surface area contributed by atoms with Crippen molar-refractivity contribution < 1.29 is 0 Å². The molecule has 1 aromatic heterocycles. The minimum absolute atomic E-state index is 0.546. The Balaban J connectivity index is 2.32. The fourth-order valence-electron chi connectivity index (χ4n) is 2.78. The molecule has 2 nitrogen and oxygen atoms in total. The largest absolute Gasteiger partial charge is 0.367 e. The number of aryl methyl sites for hydroxylation is 1. The van der Waals surface area contributed by atoms with E-state index in [2.05, 4.69) is 48.9 Å². The minimum atomic E-state index is 0.546. The first-order valence-corrected chi connectivity index (χ1v) is 6.32. The summed E-state index contributed by atoms with van der Waals surface area (Å²) in [7, 11) is 0. The summed E-state index contributed by atoms with van der Waals surface area (Å²) in [6, 6.07) is 7.13. The van der Waals surface area contributed by atoms with Gasteiger partial charge >= 0.3 is 0 Å². The van der Waals surface area contributed by atoms with E-state index >= 15 is 0 Å². The summed E-state index contributed by atoms with van der Waals surface area (Å²) in [5.41, 5.74) is 5.30. The number of aromatic nitrogens is 1. The molecule has 0 unspecified atom stereocenters. The lowest BCUT2D eigenvalue weighted by Gasteiger charge is -2.25. The van der Waals surface area contributed by atoms with Gasteiger partial charge in [-0.15, -0.1) is 0 Å². The molecule has 0 amide bonds. The maximum absolute atomic E-state index is 4.60. The van der Waals surface area contributed by atoms with Crippen molar-refractivity contribution in [1.29, 1.82) is 0 Å². The van der Waals surface area contributed by atoms with Crippen molar-refractivity contribution in [3.8, 4) is 0 Å². The highest BCUT2D eigenvalue weighted by Crippen LogP contribution is 2.36. The van der Waals surface area contributed by atoms with Crippen molar-refractivity contribution in [1.82, 2.24) is 4.98 Å². The Labute approximate surface area is 102 Å². The topological polar surface area (TPSA) is 16.1 Å². The summed E-state index contributed by atoms with van der Waals surface area (Å²) in [5, 5.41) is 1.29. The Morgan fingerprint density at radius 3 is 2.82 bits per heavy atom. The molecular weight excluding hydrogens is 208 g/mol. The van der Waals surface area contributed by atoms with Gasteiger partial charge in [-0.3, -0.25) is 4.98 Å². The predicted octanol–water partition coefficient (Wildman–Crippen LogP) is 3.31. The van der Waals surface area contributed by atoms with Gasteiger partial charge in [0.1, 0.15) is 0 Å². The number of hydrogen-bond acceptors (Lipinski definition) is 2. The van der Waals surface area contributed by atoms with Crippen LogP contribution in [0, 0.1) is 6.92 Å². The predicted molar refractivity (Wildman–Crippen MR) is 72.7 cm³/mol. The lowest BCUT2D eigenvalue weighted by Crippen LogP contribution is -2.28. The Hall–Kier alpha value is -1.57. The number of nitrogens with zero attached hydrogens (tertiary/aromatic N) is 2. The first kappa shape index (κ1) is 10.6. The maximum Gasteiger partial charge on any atom is 0.0940 e. The lowest BCUT2D eigenvalue weighted by molar-refractivity contribution is 0.711. The molecule has 0 spiro atoms. The molecule has 2 heteroatoms. The molecule has 1 aromatic carbocycles. The van der Waals surface area contributed by atoms with Gasteiger partial charge < -0.3 is 4.90 Å². The van der Waals surface area contributed by atoms with Crippen LogP contribution < -0.4 is 4.90 Å². The molecule has 0 atom stereocenters. The fraction of sp³-hybridized carbons (Fsp3) is 0.400. The molecule has 0 aliphatic carbocycles. The lowest BCUT2D eigenvalue weighted by atomic mass is 10.0. The molecule has 2 heterocycles. The summed E-state index contributed by atoms with van der Waals surface area (Å²) in [6.45, 7) is 7.79. The molecule has 1 aliphatic heterocycles. The van der Waals surface area contributed by atoms with Crippen LogP contribution in [0.2, 0.25) is 0 Å². The normalized spacial score (nSPS) is 14.7. The van der Waals surface area contributed by atoms with E-state index in [4.69, 9.17) is 0 Å². The second kappa shape index (κ2) is 3.73. The standard InChI is InChI=1S/C15H18N2/c1-10(2)17-9-7-12-4-5-13-11(3)6-8-16-14(13)15(12)17/h4-6,8,10H,7,9H2,1-3H3. The highest BCUT2D eigenvalue weighted by Gasteiger charge is 2.24. The van der Waals surface area contributed by atoms with Crippen LogP contribution in [0.25, 0.3) is 10.9 Å². The second-order valence-electron chi connectivity index (χ2n) is 5.13. The van der Waals surface area contributed by atoms with E-state index in [1.807, 2.05) is 6.20 Å². The van der Waals surface area contributed by atoms with Crippen LogP contribution in [0.5, 0.6) is 0 Å². The van der Waals surface area contributed by atoms with Gasteiger partial charge in [0.15, 0.2) is 0 Å². The van der Waals surface area contributed by atoms with Crippen molar-refractivity contribution in [2.75, 3.05) is 11.4 Å². The van der Waals surface area contributed by atoms with Crippen LogP contribution in [0.4, 0.5) is 5.69 Å². The van der Waals surface area contributed by atoms with Gasteiger partial charge in [0.25, 0.3) is 0 Å². The fourth-order valence-corrected chi connectivity index (χ4v) is 2.78. The van der Waals surface area contributed by atoms with Crippen molar-refractivity contribution in [3.05, 3.63) is 35.5 Å². The average Bonchev–Trinajstić information content (AvgIpc) is 2.73. The number of pyridine rings is 1. The molecule has 0 N–H and O–H groups in total. The monoisotopic (exact) mass is 226 g/mol. The highest BCUT2D eigenvalue weighted by atomic mass is 15.2. The van der Waals surface area contributed by atoms with Gasteiger partial charge in [-0.2, -0.15) is 0 Å². The molecule has 0 saturated carbocycles. The third-order valence-corrected chi connectivity index (χ3v) is 3.72. The molecule has 1 aliphatic rings. The van der Waals surface area contributed by atoms with Gasteiger partial charge in [-0.05, 0) is 44.4 Å². The molecule has 17 heavy (non-hydrogen) atoms. The SMILES string of the molecule is Cc1ccnc2c3c(ccc12)CCN3C(C)C. The molecule has 0 radical (unpaired) electrons. The second-order valence-corrected chi connectivity index (χ2v) is 5.13. The van der Waals surface area contributed by atoms with Gasteiger partial charge in [0, 0.05) is 24.2 Å². The highest BCUT2D eigenvalue weighted by molar-refractivity contribution is 5.95. The summed E-state index contributed by atoms with van der Waals surface area (Å²) >= 11 is 0. The average molecular weight is 226 g/mol.